The molecule has 1 aromatic carbocycles. The zero-order valence-electron chi connectivity index (χ0n) is 13.7. The zero-order chi connectivity index (χ0) is 15.9. The van der Waals surface area contributed by atoms with Crippen molar-refractivity contribution in [3.63, 3.8) is 0 Å². The molecule has 1 aromatic rings. The van der Waals surface area contributed by atoms with Crippen molar-refractivity contribution in [1.29, 1.82) is 0 Å². The van der Waals surface area contributed by atoms with E-state index in [-0.39, 0.29) is 0 Å². The third-order valence-electron chi connectivity index (χ3n) is 3.90. The number of aryl methyl sites for hydroxylation is 1. The van der Waals surface area contributed by atoms with Crippen molar-refractivity contribution in [2.45, 2.75) is 82.4 Å². The third kappa shape index (κ3) is 10.2. The lowest BCUT2D eigenvalue weighted by Gasteiger charge is -2.05. The Morgan fingerprint density at radius 2 is 1.36 bits per heavy atom. The molecule has 0 N–H and O–H groups in total. The molecular weight excluding hydrogens is 296 g/mol. The van der Waals surface area contributed by atoms with Crippen molar-refractivity contribution in [3.8, 4) is 0 Å². The fraction of sp³-hybridized carbons (Fsp3) is 0.667. The molecule has 4 heteroatoms. The molecule has 0 fully saturated rings. The predicted octanol–water partition coefficient (Wildman–Crippen LogP) is 5.38. The van der Waals surface area contributed by atoms with Gasteiger partial charge in [0.1, 0.15) is 0 Å². The zero-order valence-corrected chi connectivity index (χ0v) is 14.5. The average Bonchev–Trinajstić information content (AvgIpc) is 2.56. The minimum atomic E-state index is 0.877. The van der Waals surface area contributed by atoms with Crippen molar-refractivity contribution < 1.29 is 14.6 Å². The van der Waals surface area contributed by atoms with Crippen LogP contribution in [0.2, 0.25) is 0 Å². The Hall–Kier alpha value is -0.550. The van der Waals surface area contributed by atoms with Crippen LogP contribution >= 0.6 is 12.0 Å². The molecule has 0 aliphatic heterocycles. The van der Waals surface area contributed by atoms with Crippen LogP contribution in [0.3, 0.4) is 0 Å². The second kappa shape index (κ2) is 14.1. The van der Waals surface area contributed by atoms with Crippen molar-refractivity contribution in [2.75, 3.05) is 0 Å². The molecule has 0 saturated heterocycles. The van der Waals surface area contributed by atoms with Crippen LogP contribution in [0, 0.1) is 0 Å². The lowest BCUT2D eigenvalue weighted by molar-refractivity contribution is -0.777. The van der Waals surface area contributed by atoms with Gasteiger partial charge in [-0.2, -0.15) is 4.33 Å². The highest BCUT2D eigenvalue weighted by Gasteiger charge is 1.97. The highest BCUT2D eigenvalue weighted by molar-refractivity contribution is 7.94. The lowest BCUT2D eigenvalue weighted by atomic mass is 10.0. The van der Waals surface area contributed by atoms with E-state index in [9.17, 15) is 5.26 Å². The third-order valence-corrected chi connectivity index (χ3v) is 4.49. The van der Waals surface area contributed by atoms with Crippen LogP contribution in [0.5, 0.6) is 0 Å². The van der Waals surface area contributed by atoms with Crippen LogP contribution in [-0.2, 0) is 15.8 Å². The SMILES string of the molecule is CCCCCCCCCCCCc1ccc(SOO[O-])cc1. The Morgan fingerprint density at radius 1 is 0.818 bits per heavy atom. The summed E-state index contributed by atoms with van der Waals surface area (Å²) < 4.78 is 4.29. The molecule has 3 nitrogen and oxygen atoms in total. The summed E-state index contributed by atoms with van der Waals surface area (Å²) in [6.45, 7) is 2.27. The normalized spacial score (nSPS) is 11.0. The van der Waals surface area contributed by atoms with Gasteiger partial charge in [-0.25, -0.2) is 0 Å². The number of unbranched alkanes of at least 4 members (excludes halogenated alkanes) is 9. The lowest BCUT2D eigenvalue weighted by Crippen LogP contribution is -2.00. The van der Waals surface area contributed by atoms with E-state index in [2.05, 4.69) is 28.4 Å². The summed E-state index contributed by atoms with van der Waals surface area (Å²) in [4.78, 5) is 0.877. The molecule has 0 unspecified atom stereocenters. The topological polar surface area (TPSA) is 41.5 Å². The minimum absolute atomic E-state index is 0.877. The van der Waals surface area contributed by atoms with Crippen molar-refractivity contribution in [1.82, 2.24) is 0 Å². The smallest absolute Gasteiger partial charge is 0.0674 e. The van der Waals surface area contributed by atoms with Gasteiger partial charge in [-0.15, -0.1) is 0 Å². The molecule has 0 amide bonds. The Labute approximate surface area is 139 Å². The van der Waals surface area contributed by atoms with Gasteiger partial charge in [-0.1, -0.05) is 76.8 Å². The maximum absolute atomic E-state index is 9.74. The molecule has 0 saturated carbocycles. The van der Waals surface area contributed by atoms with Gasteiger partial charge >= 0.3 is 0 Å². The van der Waals surface area contributed by atoms with Crippen molar-refractivity contribution in [2.24, 2.45) is 0 Å². The van der Waals surface area contributed by atoms with Gasteiger partial charge in [0.05, 0.1) is 12.0 Å². The van der Waals surface area contributed by atoms with Crippen LogP contribution in [0.1, 0.15) is 76.7 Å². The fourth-order valence-electron chi connectivity index (χ4n) is 2.58. The second-order valence-electron chi connectivity index (χ2n) is 5.80. The Morgan fingerprint density at radius 3 is 1.91 bits per heavy atom. The Kier molecular flexibility index (Phi) is 12.5. The van der Waals surface area contributed by atoms with Gasteiger partial charge in [0.2, 0.25) is 0 Å². The van der Waals surface area contributed by atoms with E-state index in [4.69, 9.17) is 0 Å². The Balaban J connectivity index is 1.96. The minimum Gasteiger partial charge on any atom is -0.691 e. The fourth-order valence-corrected chi connectivity index (χ4v) is 2.93. The highest BCUT2D eigenvalue weighted by Crippen LogP contribution is 2.20. The van der Waals surface area contributed by atoms with Gasteiger partial charge in [0.15, 0.2) is 0 Å². The van der Waals surface area contributed by atoms with Gasteiger partial charge in [0, 0.05) is 4.90 Å². The quantitative estimate of drug-likeness (QED) is 0.199. The summed E-state index contributed by atoms with van der Waals surface area (Å²) in [6, 6.07) is 8.08. The summed E-state index contributed by atoms with van der Waals surface area (Å²) in [5.74, 6) is 0. The first-order valence-corrected chi connectivity index (χ1v) is 9.33. The molecule has 22 heavy (non-hydrogen) atoms. The summed E-state index contributed by atoms with van der Waals surface area (Å²) in [7, 11) is 0. The number of hydrogen-bond donors (Lipinski definition) is 0. The maximum Gasteiger partial charge on any atom is 0.0674 e. The summed E-state index contributed by atoms with van der Waals surface area (Å²) in [6.07, 6.45) is 14.8. The van der Waals surface area contributed by atoms with Gasteiger partial charge < -0.3 is 5.26 Å². The molecule has 0 aromatic heterocycles. The molecule has 0 heterocycles. The largest absolute Gasteiger partial charge is 0.691 e. The van der Waals surface area contributed by atoms with E-state index >= 15 is 0 Å². The van der Waals surface area contributed by atoms with Crippen LogP contribution in [0.4, 0.5) is 0 Å². The molecule has 0 spiro atoms. The van der Waals surface area contributed by atoms with E-state index in [0.29, 0.717) is 0 Å². The van der Waals surface area contributed by atoms with Crippen LogP contribution in [0.15, 0.2) is 29.2 Å². The van der Waals surface area contributed by atoms with Crippen molar-refractivity contribution >= 4 is 12.0 Å². The Bertz CT molecular complexity index is 354. The first-order chi connectivity index (χ1) is 10.9. The summed E-state index contributed by atoms with van der Waals surface area (Å²) in [5, 5.41) is 13.1. The molecule has 1 rings (SSSR count). The second-order valence-corrected chi connectivity index (χ2v) is 6.57. The number of benzene rings is 1. The number of rotatable bonds is 14. The standard InChI is InChI=1S/C18H30O3S/c1-2-3-4-5-6-7-8-9-10-11-12-17-13-15-18(16-14-17)22-21-20-19/h13-16,19H,2-12H2,1H3/p-1. The van der Waals surface area contributed by atoms with E-state index in [0.717, 1.165) is 23.4 Å². The molecule has 0 aliphatic carbocycles. The monoisotopic (exact) mass is 325 g/mol. The summed E-state index contributed by atoms with van der Waals surface area (Å²) in [5.41, 5.74) is 1.34. The highest BCUT2D eigenvalue weighted by atomic mass is 32.2. The molecule has 0 radical (unpaired) electrons. The van der Waals surface area contributed by atoms with E-state index in [1.165, 1.54) is 69.8 Å². The molecule has 126 valence electrons. The van der Waals surface area contributed by atoms with Gasteiger partial charge in [0.25, 0.3) is 0 Å². The van der Waals surface area contributed by atoms with Crippen molar-refractivity contribution in [3.05, 3.63) is 29.8 Å². The molecular formula is C18H29O3S-. The maximum atomic E-state index is 9.74. The molecule has 0 atom stereocenters. The summed E-state index contributed by atoms with van der Waals surface area (Å²) >= 11 is 0.939. The average molecular weight is 325 g/mol. The first-order valence-electron chi connectivity index (χ1n) is 8.59. The molecule has 0 aliphatic rings. The molecule has 0 bridgehead atoms. The number of hydrogen-bond acceptors (Lipinski definition) is 4. The van der Waals surface area contributed by atoms with Crippen LogP contribution < -0.4 is 5.26 Å². The van der Waals surface area contributed by atoms with E-state index in [1.54, 1.807) is 0 Å². The first kappa shape index (κ1) is 19.5. The van der Waals surface area contributed by atoms with Crippen LogP contribution in [-0.4, -0.2) is 0 Å². The van der Waals surface area contributed by atoms with Crippen LogP contribution in [0.25, 0.3) is 0 Å². The van der Waals surface area contributed by atoms with Gasteiger partial charge in [-0.3, -0.25) is 5.04 Å². The predicted molar refractivity (Wildman–Crippen MR) is 90.0 cm³/mol. The van der Waals surface area contributed by atoms with E-state index in [1.807, 2.05) is 12.1 Å². The van der Waals surface area contributed by atoms with Gasteiger partial charge in [-0.05, 0) is 30.5 Å². The van der Waals surface area contributed by atoms with E-state index < -0.39 is 0 Å².